The molecule has 0 bridgehead atoms. The van der Waals surface area contributed by atoms with Crippen molar-refractivity contribution in [1.29, 1.82) is 0 Å². The summed E-state index contributed by atoms with van der Waals surface area (Å²) in [5.74, 6) is -0.0676. The molecule has 0 aliphatic rings. The minimum atomic E-state index is -0.0676. The maximum absolute atomic E-state index is 11.7. The maximum atomic E-state index is 11.7. The molecule has 0 unspecified atom stereocenters. The highest BCUT2D eigenvalue weighted by molar-refractivity contribution is 7.16. The van der Waals surface area contributed by atoms with Gasteiger partial charge in [0.2, 0.25) is 5.91 Å². The number of amides is 1. The normalized spacial score (nSPS) is 10.6. The molecule has 0 fully saturated rings. The lowest BCUT2D eigenvalue weighted by molar-refractivity contribution is -0.121. The van der Waals surface area contributed by atoms with E-state index in [-0.39, 0.29) is 10.8 Å². The van der Waals surface area contributed by atoms with Crippen LogP contribution in [0.15, 0.2) is 22.3 Å². The molecule has 0 aliphatic heterocycles. The Hall–Kier alpha value is -1.11. The van der Waals surface area contributed by atoms with Gasteiger partial charge in [0, 0.05) is 28.9 Å². The minimum absolute atomic E-state index is 0.0182. The number of nitrogens with zero attached hydrogens (tertiary/aromatic N) is 1. The average Bonchev–Trinajstić information content (AvgIpc) is 2.92. The van der Waals surface area contributed by atoms with Crippen molar-refractivity contribution in [3.8, 4) is 0 Å². The van der Waals surface area contributed by atoms with Crippen molar-refractivity contribution >= 4 is 40.2 Å². The van der Waals surface area contributed by atoms with Crippen LogP contribution in [-0.2, 0) is 17.9 Å². The molecular formula is C12H13ClN2O2S2. The van der Waals surface area contributed by atoms with Gasteiger partial charge in [0.15, 0.2) is 0 Å². The molecule has 0 atom stereocenters. The largest absolute Gasteiger partial charge is 0.351 e. The number of hydrogen-bond acceptors (Lipinski definition) is 4. The Balaban J connectivity index is 1.80. The Morgan fingerprint density at radius 1 is 1.47 bits per heavy atom. The van der Waals surface area contributed by atoms with Gasteiger partial charge < -0.3 is 9.88 Å². The first-order valence-electron chi connectivity index (χ1n) is 5.72. The smallest absolute Gasteiger partial charge is 0.307 e. The highest BCUT2D eigenvalue weighted by Crippen LogP contribution is 2.20. The van der Waals surface area contributed by atoms with Crippen LogP contribution in [0.5, 0.6) is 0 Å². The molecule has 0 aliphatic carbocycles. The van der Waals surface area contributed by atoms with Crippen molar-refractivity contribution in [2.75, 3.05) is 0 Å². The van der Waals surface area contributed by atoms with Crippen LogP contribution in [0, 0.1) is 6.92 Å². The average molecular weight is 317 g/mol. The molecule has 102 valence electrons. The summed E-state index contributed by atoms with van der Waals surface area (Å²) in [4.78, 5) is 24.2. The number of rotatable bonds is 5. The third-order valence-electron chi connectivity index (χ3n) is 2.63. The molecule has 19 heavy (non-hydrogen) atoms. The molecule has 2 heterocycles. The number of carbonyl (C=O) groups is 1. The summed E-state index contributed by atoms with van der Waals surface area (Å²) in [6.07, 6.45) is 0.302. The molecule has 7 heteroatoms. The van der Waals surface area contributed by atoms with Crippen LogP contribution in [0.1, 0.15) is 17.0 Å². The van der Waals surface area contributed by atoms with E-state index in [1.54, 1.807) is 9.95 Å². The van der Waals surface area contributed by atoms with Gasteiger partial charge in [-0.1, -0.05) is 22.9 Å². The molecule has 4 nitrogen and oxygen atoms in total. The fourth-order valence-corrected chi connectivity index (χ4v) is 3.40. The second-order valence-corrected chi connectivity index (χ2v) is 6.65. The monoisotopic (exact) mass is 316 g/mol. The number of aromatic nitrogens is 1. The minimum Gasteiger partial charge on any atom is -0.351 e. The van der Waals surface area contributed by atoms with Crippen molar-refractivity contribution < 1.29 is 4.79 Å². The van der Waals surface area contributed by atoms with E-state index in [1.165, 1.54) is 11.3 Å². The Labute approximate surface area is 123 Å². The Kier molecular flexibility index (Phi) is 4.79. The van der Waals surface area contributed by atoms with Gasteiger partial charge in [-0.15, -0.1) is 11.3 Å². The van der Waals surface area contributed by atoms with E-state index in [4.69, 9.17) is 11.6 Å². The molecule has 2 aromatic rings. The Morgan fingerprint density at radius 2 is 2.26 bits per heavy atom. The quantitative estimate of drug-likeness (QED) is 0.922. The molecule has 0 radical (unpaired) electrons. The second-order valence-electron chi connectivity index (χ2n) is 4.03. The van der Waals surface area contributed by atoms with Gasteiger partial charge in [0.25, 0.3) is 0 Å². The zero-order chi connectivity index (χ0) is 13.8. The van der Waals surface area contributed by atoms with Crippen molar-refractivity contribution in [1.82, 2.24) is 9.88 Å². The molecule has 2 aromatic heterocycles. The molecule has 1 amide bonds. The van der Waals surface area contributed by atoms with Crippen LogP contribution in [0.25, 0.3) is 0 Å². The number of hydrogen-bond donors (Lipinski definition) is 1. The predicted molar refractivity (Wildman–Crippen MR) is 79.1 cm³/mol. The van der Waals surface area contributed by atoms with E-state index in [2.05, 4.69) is 5.32 Å². The first kappa shape index (κ1) is 14.3. The van der Waals surface area contributed by atoms with Crippen molar-refractivity contribution in [3.63, 3.8) is 0 Å². The number of aryl methyl sites for hydroxylation is 1. The molecule has 0 aromatic carbocycles. The fraction of sp³-hybridized carbons (Fsp3) is 0.333. The first-order chi connectivity index (χ1) is 9.06. The van der Waals surface area contributed by atoms with Gasteiger partial charge in [-0.2, -0.15) is 0 Å². The van der Waals surface area contributed by atoms with Gasteiger partial charge >= 0.3 is 4.87 Å². The summed E-state index contributed by atoms with van der Waals surface area (Å²) < 4.78 is 2.33. The van der Waals surface area contributed by atoms with Crippen molar-refractivity contribution in [2.24, 2.45) is 0 Å². The molecule has 0 spiro atoms. The second kappa shape index (κ2) is 6.36. The third-order valence-corrected chi connectivity index (χ3v) is 4.74. The van der Waals surface area contributed by atoms with Gasteiger partial charge in [0.1, 0.15) is 0 Å². The highest BCUT2D eigenvalue weighted by Gasteiger charge is 2.07. The maximum Gasteiger partial charge on any atom is 0.307 e. The van der Waals surface area contributed by atoms with E-state index in [0.717, 1.165) is 21.9 Å². The van der Waals surface area contributed by atoms with E-state index in [1.807, 2.05) is 19.1 Å². The number of carbonyl (C=O) groups excluding carboxylic acids is 1. The molecule has 0 saturated carbocycles. The lowest BCUT2D eigenvalue weighted by Gasteiger charge is -2.05. The zero-order valence-corrected chi connectivity index (χ0v) is 12.7. The first-order valence-corrected chi connectivity index (χ1v) is 7.79. The fourth-order valence-electron chi connectivity index (χ4n) is 1.61. The van der Waals surface area contributed by atoms with Crippen molar-refractivity contribution in [2.45, 2.75) is 26.4 Å². The Morgan fingerprint density at radius 3 is 2.84 bits per heavy atom. The zero-order valence-electron chi connectivity index (χ0n) is 10.3. The highest BCUT2D eigenvalue weighted by atomic mass is 35.5. The van der Waals surface area contributed by atoms with Crippen LogP contribution in [-0.4, -0.2) is 10.5 Å². The summed E-state index contributed by atoms with van der Waals surface area (Å²) in [6, 6.07) is 3.70. The molecule has 2 rings (SSSR count). The van der Waals surface area contributed by atoms with E-state index in [0.29, 0.717) is 23.8 Å². The van der Waals surface area contributed by atoms with Gasteiger partial charge in [-0.3, -0.25) is 9.59 Å². The summed E-state index contributed by atoms with van der Waals surface area (Å²) in [7, 11) is 0. The number of nitrogens with one attached hydrogen (secondary N) is 1. The van der Waals surface area contributed by atoms with E-state index < -0.39 is 0 Å². The van der Waals surface area contributed by atoms with E-state index in [9.17, 15) is 9.59 Å². The van der Waals surface area contributed by atoms with Crippen LogP contribution < -0.4 is 10.2 Å². The number of halogens is 1. The van der Waals surface area contributed by atoms with Gasteiger partial charge in [-0.25, -0.2) is 0 Å². The summed E-state index contributed by atoms with van der Waals surface area (Å²) in [5, 5.41) is 4.61. The Bertz CT molecular complexity index is 630. The van der Waals surface area contributed by atoms with Crippen molar-refractivity contribution in [3.05, 3.63) is 42.1 Å². The summed E-state index contributed by atoms with van der Waals surface area (Å²) in [6.45, 7) is 2.77. The lowest BCUT2D eigenvalue weighted by Crippen LogP contribution is -2.25. The summed E-state index contributed by atoms with van der Waals surface area (Å²) in [5.41, 5.74) is 0.896. The predicted octanol–water partition coefficient (Wildman–Crippen LogP) is 2.64. The third kappa shape index (κ3) is 3.92. The molecule has 1 N–H and O–H groups in total. The number of thiophene rings is 1. The van der Waals surface area contributed by atoms with E-state index >= 15 is 0 Å². The summed E-state index contributed by atoms with van der Waals surface area (Å²) >= 11 is 8.41. The lowest BCUT2D eigenvalue weighted by atomic mass is 10.3. The standard InChI is InChI=1S/C12H13ClN2O2S2/c1-8-7-18-12(17)15(8)5-4-11(16)14-6-9-2-3-10(13)19-9/h2-3,7H,4-6H2,1H3,(H,14,16). The van der Waals surface area contributed by atoms with Gasteiger partial charge in [-0.05, 0) is 19.1 Å². The topological polar surface area (TPSA) is 51.1 Å². The van der Waals surface area contributed by atoms with Crippen LogP contribution >= 0.6 is 34.3 Å². The molecule has 0 saturated heterocycles. The van der Waals surface area contributed by atoms with Crippen LogP contribution in [0.2, 0.25) is 4.34 Å². The molecular weight excluding hydrogens is 304 g/mol. The van der Waals surface area contributed by atoms with Gasteiger partial charge in [0.05, 0.1) is 10.9 Å². The number of thiazole rings is 1. The van der Waals surface area contributed by atoms with Crippen LogP contribution in [0.4, 0.5) is 0 Å². The SMILES string of the molecule is Cc1csc(=O)n1CCC(=O)NCc1ccc(Cl)s1. The van der Waals surface area contributed by atoms with Crippen LogP contribution in [0.3, 0.4) is 0 Å².